The van der Waals surface area contributed by atoms with Crippen LogP contribution in [-0.2, 0) is 14.8 Å². The molecule has 1 saturated heterocycles. The zero-order valence-corrected chi connectivity index (χ0v) is 17.2. The number of rotatable bonds is 5. The van der Waals surface area contributed by atoms with Crippen LogP contribution >= 0.6 is 11.6 Å². The number of sulfonamides is 1. The molecule has 0 amide bonds. The summed E-state index contributed by atoms with van der Waals surface area (Å²) in [5.74, 6) is 0.0977. The molecule has 150 valence electrons. The molecule has 0 spiro atoms. The second kappa shape index (κ2) is 8.38. The molecular weight excluding hydrogens is 404 g/mol. The number of nitrogens with zero attached hydrogens (tertiary/aromatic N) is 2. The highest BCUT2D eigenvalue weighted by molar-refractivity contribution is 7.89. The molecule has 7 nitrogen and oxygen atoms in total. The third-order valence-electron chi connectivity index (χ3n) is 4.66. The maximum atomic E-state index is 13.0. The number of hydrogen-bond acceptors (Lipinski definition) is 6. The molecule has 0 bridgehead atoms. The zero-order chi connectivity index (χ0) is 20.3. The van der Waals surface area contributed by atoms with Gasteiger partial charge in [0, 0.05) is 31.9 Å². The first kappa shape index (κ1) is 20.4. The number of benzene rings is 2. The molecule has 0 saturated carbocycles. The Labute approximate surface area is 169 Å². The predicted molar refractivity (Wildman–Crippen MR) is 107 cm³/mol. The molecule has 0 unspecified atom stereocenters. The van der Waals surface area contributed by atoms with Crippen molar-refractivity contribution in [2.75, 3.05) is 45.3 Å². The predicted octanol–water partition coefficient (Wildman–Crippen LogP) is 2.65. The largest absolute Gasteiger partial charge is 0.497 e. The summed E-state index contributed by atoms with van der Waals surface area (Å²) in [7, 11) is -0.906. The van der Waals surface area contributed by atoms with Gasteiger partial charge in [-0.15, -0.1) is 0 Å². The standard InChI is InChI=1S/C19H21ClN2O5S/c1-26-15-5-3-14(4-6-15)21-9-11-22(12-10-21)28(24,25)16-7-8-18(20)17(13-16)19(23)27-2/h3-8,13H,9-12H2,1-2H3. The molecule has 0 radical (unpaired) electrons. The summed E-state index contributed by atoms with van der Waals surface area (Å²) in [6, 6.07) is 11.7. The van der Waals surface area contributed by atoms with Gasteiger partial charge in [0.2, 0.25) is 10.0 Å². The number of esters is 1. The van der Waals surface area contributed by atoms with E-state index in [4.69, 9.17) is 16.3 Å². The Hall–Kier alpha value is -2.29. The van der Waals surface area contributed by atoms with Crippen LogP contribution in [0.25, 0.3) is 0 Å². The molecule has 9 heteroatoms. The van der Waals surface area contributed by atoms with Crippen LogP contribution in [0.1, 0.15) is 10.4 Å². The van der Waals surface area contributed by atoms with Gasteiger partial charge in [0.25, 0.3) is 0 Å². The van der Waals surface area contributed by atoms with E-state index in [9.17, 15) is 13.2 Å². The Morgan fingerprint density at radius 2 is 1.64 bits per heavy atom. The van der Waals surface area contributed by atoms with E-state index in [1.807, 2.05) is 24.3 Å². The van der Waals surface area contributed by atoms with Crippen LogP contribution in [-0.4, -0.2) is 59.1 Å². The summed E-state index contributed by atoms with van der Waals surface area (Å²) in [5, 5.41) is 0.148. The van der Waals surface area contributed by atoms with Crippen molar-refractivity contribution >= 4 is 33.3 Å². The maximum Gasteiger partial charge on any atom is 0.339 e. The minimum atomic E-state index is -3.74. The van der Waals surface area contributed by atoms with Crippen molar-refractivity contribution in [3.8, 4) is 5.75 Å². The lowest BCUT2D eigenvalue weighted by atomic mass is 10.2. The van der Waals surface area contributed by atoms with Crippen molar-refractivity contribution in [2.45, 2.75) is 4.90 Å². The van der Waals surface area contributed by atoms with Gasteiger partial charge in [-0.2, -0.15) is 4.31 Å². The number of halogens is 1. The summed E-state index contributed by atoms with van der Waals surface area (Å²) in [6.45, 7) is 1.79. The fourth-order valence-corrected chi connectivity index (χ4v) is 4.70. The number of carbonyl (C=O) groups excluding carboxylic acids is 1. The summed E-state index contributed by atoms with van der Waals surface area (Å²) in [5.41, 5.74) is 1.04. The molecule has 1 heterocycles. The minimum absolute atomic E-state index is 0.0233. The molecule has 28 heavy (non-hydrogen) atoms. The number of piperazine rings is 1. The lowest BCUT2D eigenvalue weighted by molar-refractivity contribution is 0.0600. The second-order valence-corrected chi connectivity index (χ2v) is 8.57. The highest BCUT2D eigenvalue weighted by Crippen LogP contribution is 2.26. The van der Waals surface area contributed by atoms with Gasteiger partial charge in [-0.25, -0.2) is 13.2 Å². The van der Waals surface area contributed by atoms with Crippen LogP contribution in [0.5, 0.6) is 5.75 Å². The monoisotopic (exact) mass is 424 g/mol. The first-order valence-electron chi connectivity index (χ1n) is 8.64. The number of methoxy groups -OCH3 is 2. The molecule has 0 N–H and O–H groups in total. The summed E-state index contributed by atoms with van der Waals surface area (Å²) < 4.78 is 37.2. The zero-order valence-electron chi connectivity index (χ0n) is 15.6. The average molecular weight is 425 g/mol. The Kier molecular flexibility index (Phi) is 6.12. The molecular formula is C19H21ClN2O5S. The first-order chi connectivity index (χ1) is 13.4. The van der Waals surface area contributed by atoms with Crippen molar-refractivity contribution in [2.24, 2.45) is 0 Å². The van der Waals surface area contributed by atoms with Crippen LogP contribution < -0.4 is 9.64 Å². The Morgan fingerprint density at radius 1 is 1.00 bits per heavy atom. The average Bonchev–Trinajstić information content (AvgIpc) is 2.73. The lowest BCUT2D eigenvalue weighted by Crippen LogP contribution is -2.48. The minimum Gasteiger partial charge on any atom is -0.497 e. The fraction of sp³-hybridized carbons (Fsp3) is 0.316. The number of hydrogen-bond donors (Lipinski definition) is 0. The number of anilines is 1. The fourth-order valence-electron chi connectivity index (χ4n) is 3.06. The quantitative estimate of drug-likeness (QED) is 0.687. The Balaban J connectivity index is 1.75. The van der Waals surface area contributed by atoms with Crippen LogP contribution in [0.4, 0.5) is 5.69 Å². The molecule has 0 aliphatic carbocycles. The van der Waals surface area contributed by atoms with Crippen molar-refractivity contribution in [3.05, 3.63) is 53.1 Å². The lowest BCUT2D eigenvalue weighted by Gasteiger charge is -2.35. The van der Waals surface area contributed by atoms with Gasteiger partial charge in [-0.3, -0.25) is 0 Å². The van der Waals surface area contributed by atoms with Gasteiger partial charge in [-0.1, -0.05) is 11.6 Å². The molecule has 3 rings (SSSR count). The second-order valence-electron chi connectivity index (χ2n) is 6.22. The molecule has 2 aromatic rings. The molecule has 0 aromatic heterocycles. The van der Waals surface area contributed by atoms with E-state index in [-0.39, 0.29) is 15.5 Å². The van der Waals surface area contributed by atoms with E-state index < -0.39 is 16.0 Å². The van der Waals surface area contributed by atoms with E-state index >= 15 is 0 Å². The van der Waals surface area contributed by atoms with Crippen LogP contribution in [0.2, 0.25) is 5.02 Å². The molecule has 1 aliphatic heterocycles. The topological polar surface area (TPSA) is 76.2 Å². The molecule has 2 aromatic carbocycles. The van der Waals surface area contributed by atoms with Crippen molar-refractivity contribution in [3.63, 3.8) is 0 Å². The van der Waals surface area contributed by atoms with Gasteiger partial charge in [0.05, 0.1) is 29.7 Å². The van der Waals surface area contributed by atoms with E-state index in [2.05, 4.69) is 9.64 Å². The molecule has 0 atom stereocenters. The SMILES string of the molecule is COC(=O)c1cc(S(=O)(=O)N2CCN(c3ccc(OC)cc3)CC2)ccc1Cl. The van der Waals surface area contributed by atoms with Crippen LogP contribution in [0.3, 0.4) is 0 Å². The summed E-state index contributed by atoms with van der Waals surface area (Å²) >= 11 is 5.99. The third-order valence-corrected chi connectivity index (χ3v) is 6.88. The van der Waals surface area contributed by atoms with Gasteiger partial charge in [0.15, 0.2) is 0 Å². The van der Waals surface area contributed by atoms with Gasteiger partial charge in [-0.05, 0) is 42.5 Å². The van der Waals surface area contributed by atoms with E-state index in [1.54, 1.807) is 7.11 Å². The van der Waals surface area contributed by atoms with Crippen molar-refractivity contribution in [1.82, 2.24) is 4.31 Å². The van der Waals surface area contributed by atoms with Crippen LogP contribution in [0, 0.1) is 0 Å². The molecule has 1 fully saturated rings. The smallest absolute Gasteiger partial charge is 0.339 e. The van der Waals surface area contributed by atoms with Gasteiger partial charge < -0.3 is 14.4 Å². The maximum absolute atomic E-state index is 13.0. The highest BCUT2D eigenvalue weighted by atomic mass is 35.5. The van der Waals surface area contributed by atoms with E-state index in [0.29, 0.717) is 26.2 Å². The third kappa shape index (κ3) is 4.09. The Morgan fingerprint density at radius 3 is 2.21 bits per heavy atom. The number of ether oxygens (including phenoxy) is 2. The first-order valence-corrected chi connectivity index (χ1v) is 10.5. The van der Waals surface area contributed by atoms with Gasteiger partial charge in [0.1, 0.15) is 5.75 Å². The highest BCUT2D eigenvalue weighted by Gasteiger charge is 2.29. The Bertz CT molecular complexity index is 955. The molecule has 1 aliphatic rings. The van der Waals surface area contributed by atoms with Crippen molar-refractivity contribution < 1.29 is 22.7 Å². The van der Waals surface area contributed by atoms with Crippen LogP contribution in [0.15, 0.2) is 47.4 Å². The van der Waals surface area contributed by atoms with E-state index in [0.717, 1.165) is 11.4 Å². The van der Waals surface area contributed by atoms with Crippen molar-refractivity contribution in [1.29, 1.82) is 0 Å². The van der Waals surface area contributed by atoms with Gasteiger partial charge >= 0.3 is 5.97 Å². The normalized spacial score (nSPS) is 15.3. The summed E-state index contributed by atoms with van der Waals surface area (Å²) in [6.07, 6.45) is 0. The number of carbonyl (C=O) groups is 1. The van der Waals surface area contributed by atoms with E-state index in [1.165, 1.54) is 29.6 Å². The summed E-state index contributed by atoms with van der Waals surface area (Å²) in [4.78, 5) is 13.9.